The van der Waals surface area contributed by atoms with Crippen molar-refractivity contribution >= 4 is 33.9 Å². The van der Waals surface area contributed by atoms with E-state index >= 15 is 0 Å². The van der Waals surface area contributed by atoms with Crippen LogP contribution in [0.15, 0.2) is 54.7 Å². The Hall–Kier alpha value is -1.89. The smallest absolute Gasteiger partial charge is 0.137 e. The van der Waals surface area contributed by atoms with E-state index in [1.807, 2.05) is 12.1 Å². The van der Waals surface area contributed by atoms with E-state index in [0.717, 1.165) is 54.1 Å². The number of aromatic nitrogens is 2. The highest BCUT2D eigenvalue weighted by molar-refractivity contribution is 8.22. The van der Waals surface area contributed by atoms with Gasteiger partial charge in [-0.2, -0.15) is 0 Å². The Labute approximate surface area is 170 Å². The second-order valence-electron chi connectivity index (χ2n) is 6.93. The van der Waals surface area contributed by atoms with E-state index < -0.39 is 0 Å². The van der Waals surface area contributed by atoms with Crippen LogP contribution >= 0.6 is 24.0 Å². The number of nitrogens with zero attached hydrogens (tertiary/aromatic N) is 4. The molecule has 0 N–H and O–H groups in total. The average Bonchev–Trinajstić information content (AvgIpc) is 3.12. The molecule has 0 bridgehead atoms. The lowest BCUT2D eigenvalue weighted by atomic mass is 10.2. The second kappa shape index (κ2) is 8.42. The standard InChI is InChI=1S/C21H24N4S2/c1-17-6-5-9-20-22-19(15-25(17)20)16-27-21(26)24-12-10-23(11-13-24)14-18-7-3-2-4-8-18/h2-9,15H,10-14,16H2,1H3. The SMILES string of the molecule is Cc1cccc2nc(CSC(=S)N3CCN(Cc4ccccc4)CC3)cn12. The molecule has 27 heavy (non-hydrogen) atoms. The van der Waals surface area contributed by atoms with Gasteiger partial charge in [0.1, 0.15) is 9.97 Å². The number of benzene rings is 1. The third-order valence-electron chi connectivity index (χ3n) is 4.97. The molecule has 1 aliphatic rings. The van der Waals surface area contributed by atoms with Gasteiger partial charge in [-0.15, -0.1) is 0 Å². The van der Waals surface area contributed by atoms with Crippen LogP contribution in [0.3, 0.4) is 0 Å². The Morgan fingerprint density at radius 3 is 2.56 bits per heavy atom. The molecule has 3 aromatic rings. The van der Waals surface area contributed by atoms with Crippen molar-refractivity contribution in [1.29, 1.82) is 0 Å². The van der Waals surface area contributed by atoms with Gasteiger partial charge in [-0.1, -0.05) is 60.4 Å². The third kappa shape index (κ3) is 4.51. The zero-order chi connectivity index (χ0) is 18.6. The summed E-state index contributed by atoms with van der Waals surface area (Å²) in [6.07, 6.45) is 2.12. The van der Waals surface area contributed by atoms with Gasteiger partial charge in [-0.25, -0.2) is 4.98 Å². The summed E-state index contributed by atoms with van der Waals surface area (Å²) >= 11 is 7.41. The Morgan fingerprint density at radius 1 is 1.04 bits per heavy atom. The maximum absolute atomic E-state index is 5.68. The van der Waals surface area contributed by atoms with Crippen molar-refractivity contribution in [2.24, 2.45) is 0 Å². The van der Waals surface area contributed by atoms with Crippen molar-refractivity contribution in [3.05, 3.63) is 71.7 Å². The number of pyridine rings is 1. The molecule has 4 rings (SSSR count). The molecule has 1 fully saturated rings. The van der Waals surface area contributed by atoms with Crippen LogP contribution in [0.25, 0.3) is 5.65 Å². The summed E-state index contributed by atoms with van der Waals surface area (Å²) in [5.74, 6) is 0.824. The monoisotopic (exact) mass is 396 g/mol. The summed E-state index contributed by atoms with van der Waals surface area (Å²) in [6, 6.07) is 16.9. The number of fused-ring (bicyclic) bond motifs is 1. The zero-order valence-electron chi connectivity index (χ0n) is 15.5. The Bertz CT molecular complexity index is 914. The molecule has 4 nitrogen and oxygen atoms in total. The normalized spacial score (nSPS) is 15.4. The van der Waals surface area contributed by atoms with Crippen LogP contribution in [0.2, 0.25) is 0 Å². The van der Waals surface area contributed by atoms with Gasteiger partial charge in [0.15, 0.2) is 0 Å². The topological polar surface area (TPSA) is 23.8 Å². The molecule has 2 aromatic heterocycles. The van der Waals surface area contributed by atoms with E-state index in [1.54, 1.807) is 11.8 Å². The Kier molecular flexibility index (Phi) is 5.76. The minimum Gasteiger partial charge on any atom is -0.355 e. The van der Waals surface area contributed by atoms with E-state index in [4.69, 9.17) is 17.2 Å². The minimum absolute atomic E-state index is 0.824. The predicted molar refractivity (Wildman–Crippen MR) is 117 cm³/mol. The highest BCUT2D eigenvalue weighted by atomic mass is 32.2. The van der Waals surface area contributed by atoms with Crippen molar-refractivity contribution in [1.82, 2.24) is 19.2 Å². The summed E-state index contributed by atoms with van der Waals surface area (Å²) in [4.78, 5) is 9.55. The van der Waals surface area contributed by atoms with Crippen LogP contribution in [0.1, 0.15) is 17.0 Å². The van der Waals surface area contributed by atoms with E-state index in [9.17, 15) is 0 Å². The summed E-state index contributed by atoms with van der Waals surface area (Å²) in [5, 5.41) is 0. The van der Waals surface area contributed by atoms with Gasteiger partial charge in [0.2, 0.25) is 0 Å². The lowest BCUT2D eigenvalue weighted by molar-refractivity contribution is 0.179. The molecule has 1 saturated heterocycles. The molecular weight excluding hydrogens is 372 g/mol. The molecule has 1 aromatic carbocycles. The van der Waals surface area contributed by atoms with Crippen LogP contribution in [-0.4, -0.2) is 49.7 Å². The fourth-order valence-corrected chi connectivity index (χ4v) is 4.56. The highest BCUT2D eigenvalue weighted by Crippen LogP contribution is 2.19. The van der Waals surface area contributed by atoms with Gasteiger partial charge in [-0.05, 0) is 24.6 Å². The number of thiocarbonyl (C=S) groups is 1. The van der Waals surface area contributed by atoms with Gasteiger partial charge in [0.25, 0.3) is 0 Å². The van der Waals surface area contributed by atoms with Crippen molar-refractivity contribution in [2.75, 3.05) is 26.2 Å². The van der Waals surface area contributed by atoms with Crippen LogP contribution in [0.5, 0.6) is 0 Å². The van der Waals surface area contributed by atoms with E-state index in [2.05, 4.69) is 63.7 Å². The number of hydrogen-bond donors (Lipinski definition) is 0. The van der Waals surface area contributed by atoms with E-state index in [-0.39, 0.29) is 0 Å². The number of rotatable bonds is 4. The summed E-state index contributed by atoms with van der Waals surface area (Å²) < 4.78 is 3.13. The van der Waals surface area contributed by atoms with Crippen molar-refractivity contribution in [2.45, 2.75) is 19.2 Å². The van der Waals surface area contributed by atoms with Gasteiger partial charge in [0.05, 0.1) is 5.69 Å². The number of hydrogen-bond acceptors (Lipinski definition) is 4. The van der Waals surface area contributed by atoms with Gasteiger partial charge in [-0.3, -0.25) is 4.90 Å². The van der Waals surface area contributed by atoms with E-state index in [0.29, 0.717) is 0 Å². The molecule has 0 atom stereocenters. The van der Waals surface area contributed by atoms with Crippen LogP contribution < -0.4 is 0 Å². The fraction of sp³-hybridized carbons (Fsp3) is 0.333. The van der Waals surface area contributed by atoms with Crippen molar-refractivity contribution < 1.29 is 0 Å². The molecule has 3 heterocycles. The molecular formula is C21H24N4S2. The molecule has 0 amide bonds. The molecule has 0 spiro atoms. The zero-order valence-corrected chi connectivity index (χ0v) is 17.2. The largest absolute Gasteiger partial charge is 0.355 e. The van der Waals surface area contributed by atoms with Gasteiger partial charge in [0, 0.05) is 50.4 Å². The van der Waals surface area contributed by atoms with Gasteiger partial charge >= 0.3 is 0 Å². The molecule has 0 unspecified atom stereocenters. The number of thioether (sulfide) groups is 1. The molecule has 140 valence electrons. The Morgan fingerprint density at radius 2 is 1.81 bits per heavy atom. The molecule has 0 aliphatic carbocycles. The fourth-order valence-electron chi connectivity index (χ4n) is 3.43. The Balaban J connectivity index is 1.27. The molecule has 0 radical (unpaired) electrons. The molecule has 1 aliphatic heterocycles. The first kappa shape index (κ1) is 18.5. The lowest BCUT2D eigenvalue weighted by Crippen LogP contribution is -2.47. The number of piperazine rings is 1. The van der Waals surface area contributed by atoms with Gasteiger partial charge < -0.3 is 9.30 Å². The maximum Gasteiger partial charge on any atom is 0.137 e. The average molecular weight is 397 g/mol. The quantitative estimate of drug-likeness (QED) is 0.621. The summed E-state index contributed by atoms with van der Waals surface area (Å²) in [7, 11) is 0. The van der Waals surface area contributed by atoms with E-state index in [1.165, 1.54) is 11.3 Å². The summed E-state index contributed by atoms with van der Waals surface area (Å²) in [5.41, 5.74) is 4.67. The van der Waals surface area contributed by atoms with Crippen LogP contribution in [0, 0.1) is 6.92 Å². The van der Waals surface area contributed by atoms with Crippen LogP contribution in [0.4, 0.5) is 0 Å². The predicted octanol–water partition coefficient (Wildman–Crippen LogP) is 3.98. The summed E-state index contributed by atoms with van der Waals surface area (Å²) in [6.45, 7) is 7.25. The second-order valence-corrected chi connectivity index (χ2v) is 8.54. The first-order chi connectivity index (χ1) is 13.2. The van der Waals surface area contributed by atoms with Crippen LogP contribution in [-0.2, 0) is 12.3 Å². The molecule has 6 heteroatoms. The first-order valence-corrected chi connectivity index (χ1v) is 10.7. The highest BCUT2D eigenvalue weighted by Gasteiger charge is 2.19. The van der Waals surface area contributed by atoms with Crippen molar-refractivity contribution in [3.63, 3.8) is 0 Å². The minimum atomic E-state index is 0.824. The maximum atomic E-state index is 5.68. The number of aryl methyl sites for hydroxylation is 1. The van der Waals surface area contributed by atoms with Crippen molar-refractivity contribution in [3.8, 4) is 0 Å². The first-order valence-electron chi connectivity index (χ1n) is 9.30. The number of imidazole rings is 1. The third-order valence-corrected chi connectivity index (χ3v) is 6.53. The lowest BCUT2D eigenvalue weighted by Gasteiger charge is -2.35. The molecule has 0 saturated carbocycles.